The smallest absolute Gasteiger partial charge is 0.251 e. The van der Waals surface area contributed by atoms with Gasteiger partial charge in [0.1, 0.15) is 18.7 Å². The van der Waals surface area contributed by atoms with E-state index < -0.39 is 12.1 Å². The molecule has 2 amide bonds. The summed E-state index contributed by atoms with van der Waals surface area (Å²) in [5.41, 5.74) is 2.33. The number of benzene rings is 1. The van der Waals surface area contributed by atoms with Gasteiger partial charge in [-0.1, -0.05) is 39.8 Å². The van der Waals surface area contributed by atoms with E-state index in [1.54, 1.807) is 28.4 Å². The summed E-state index contributed by atoms with van der Waals surface area (Å²) in [5.74, 6) is 0.0193. The second-order valence-corrected chi connectivity index (χ2v) is 13.0. The van der Waals surface area contributed by atoms with Crippen LogP contribution in [-0.4, -0.2) is 96.9 Å². The van der Waals surface area contributed by atoms with Gasteiger partial charge in [0.15, 0.2) is 10.9 Å². The number of carbonyl (C=O) groups excluding carboxylic acids is 3. The van der Waals surface area contributed by atoms with Crippen molar-refractivity contribution in [3.05, 3.63) is 35.2 Å². The Morgan fingerprint density at radius 3 is 2.45 bits per heavy atom. The molecule has 5 rings (SSSR count). The molecule has 1 aromatic carbocycles. The largest absolute Gasteiger partial charge is 0.367 e. The van der Waals surface area contributed by atoms with Crippen LogP contribution >= 0.6 is 11.3 Å². The number of hydrogen-bond donors (Lipinski definition) is 1. The Morgan fingerprint density at radius 1 is 1.10 bits per heavy atom. The lowest BCUT2D eigenvalue weighted by molar-refractivity contribution is -0.138. The fourth-order valence-corrected chi connectivity index (χ4v) is 6.86. The highest BCUT2D eigenvalue weighted by Gasteiger charge is 2.53. The van der Waals surface area contributed by atoms with Gasteiger partial charge < -0.3 is 24.8 Å². The number of nitrogens with one attached hydrogen (secondary N) is 1. The predicted octanol–water partition coefficient (Wildman–Crippen LogP) is 3.16. The van der Waals surface area contributed by atoms with Crippen LogP contribution in [0.15, 0.2) is 29.6 Å². The summed E-state index contributed by atoms with van der Waals surface area (Å²) in [6.45, 7) is 12.8. The van der Waals surface area contributed by atoms with Gasteiger partial charge in [-0.25, -0.2) is 4.98 Å². The zero-order valence-corrected chi connectivity index (χ0v) is 24.9. The first-order chi connectivity index (χ1) is 19.1. The molecule has 0 aliphatic carbocycles. The quantitative estimate of drug-likeness (QED) is 0.524. The van der Waals surface area contributed by atoms with E-state index in [1.807, 2.05) is 26.0 Å². The number of ether oxygens (including phenoxy) is 1. The number of hydrogen-bond acceptors (Lipinski definition) is 8. The second kappa shape index (κ2) is 12.0. The third kappa shape index (κ3) is 5.94. The number of ketones is 1. The van der Waals surface area contributed by atoms with Crippen molar-refractivity contribution in [2.75, 3.05) is 51.3 Å². The van der Waals surface area contributed by atoms with Gasteiger partial charge in [-0.05, 0) is 37.4 Å². The number of nitrogens with zero attached hydrogens (tertiary/aromatic N) is 4. The zero-order chi connectivity index (χ0) is 28.6. The van der Waals surface area contributed by atoms with E-state index in [1.165, 1.54) is 0 Å². The van der Waals surface area contributed by atoms with E-state index in [-0.39, 0.29) is 48.1 Å². The number of piperazine rings is 1. The van der Waals surface area contributed by atoms with Crippen molar-refractivity contribution in [3.8, 4) is 11.3 Å². The molecule has 0 unspecified atom stereocenters. The molecule has 3 aliphatic rings. The van der Waals surface area contributed by atoms with Crippen LogP contribution in [0.25, 0.3) is 11.3 Å². The molecule has 0 spiro atoms. The summed E-state index contributed by atoms with van der Waals surface area (Å²) in [6, 6.07) is 6.11. The third-order valence-electron chi connectivity index (χ3n) is 8.38. The summed E-state index contributed by atoms with van der Waals surface area (Å²) >= 11 is 1.64. The number of carbonyl (C=O) groups is 3. The maximum atomic E-state index is 13.8. The molecular weight excluding hydrogens is 526 g/mol. The highest BCUT2D eigenvalue weighted by molar-refractivity contribution is 7.14. The second-order valence-electron chi connectivity index (χ2n) is 12.1. The van der Waals surface area contributed by atoms with E-state index in [0.717, 1.165) is 42.6 Å². The average Bonchev–Trinajstić information content (AvgIpc) is 3.65. The number of fused-ring (bicyclic) bond motifs is 1. The molecule has 40 heavy (non-hydrogen) atoms. The Morgan fingerprint density at radius 2 is 1.80 bits per heavy atom. The summed E-state index contributed by atoms with van der Waals surface area (Å²) in [7, 11) is 2.14. The van der Waals surface area contributed by atoms with E-state index in [4.69, 9.17) is 9.72 Å². The molecule has 3 saturated heterocycles. The Hall–Kier alpha value is -2.82. The first kappa shape index (κ1) is 28.7. The van der Waals surface area contributed by atoms with Crippen LogP contribution in [0.2, 0.25) is 0 Å². The number of Topliss-reactive ketones (excluding diaryl/α,β-unsaturated/α-hetero) is 1. The maximum absolute atomic E-state index is 13.8. The van der Waals surface area contributed by atoms with Gasteiger partial charge in [-0.15, -0.1) is 11.3 Å². The molecule has 3 fully saturated rings. The summed E-state index contributed by atoms with van der Waals surface area (Å²) < 4.78 is 5.80. The van der Waals surface area contributed by atoms with Gasteiger partial charge >= 0.3 is 0 Å². The minimum atomic E-state index is -0.711. The van der Waals surface area contributed by atoms with Crippen LogP contribution in [0.3, 0.4) is 0 Å². The first-order valence-corrected chi connectivity index (χ1v) is 15.3. The van der Waals surface area contributed by atoms with E-state index in [2.05, 4.69) is 41.4 Å². The first-order valence-electron chi connectivity index (χ1n) is 14.4. The fraction of sp³-hybridized carbons (Fsp3) is 0.600. The maximum Gasteiger partial charge on any atom is 0.251 e. The lowest BCUT2D eigenvalue weighted by Crippen LogP contribution is -2.52. The molecule has 0 bridgehead atoms. The van der Waals surface area contributed by atoms with Crippen LogP contribution in [0.1, 0.15) is 44.5 Å². The van der Waals surface area contributed by atoms with Gasteiger partial charge in [-0.2, -0.15) is 0 Å². The standard InChI is InChI=1S/C30H41N5O4S/c1-18(2)14-23(29(38)35-15-22(19(3)4)27-26(35)25(36)16-39-27)31-28(37)21-8-6-20(7-9-21)24-17-40-30(32-24)34-12-10-33(5)11-13-34/h6-9,17-19,22-23,26-27H,10-16H2,1-5H3,(H,31,37)/t22-,23+,26-,27-/m1/s1. The number of likely N-dealkylation sites (N-methyl/N-ethyl adjacent to an activating group) is 1. The Bertz CT molecular complexity index is 1220. The number of amides is 2. The number of likely N-dealkylation sites (tertiary alicyclic amines) is 1. The highest BCUT2D eigenvalue weighted by atomic mass is 32.1. The van der Waals surface area contributed by atoms with Crippen LogP contribution in [0.5, 0.6) is 0 Å². The molecule has 0 radical (unpaired) electrons. The lowest BCUT2D eigenvalue weighted by atomic mass is 9.91. The Labute approximate surface area is 240 Å². The summed E-state index contributed by atoms with van der Waals surface area (Å²) in [6.07, 6.45) is 0.230. The van der Waals surface area contributed by atoms with Crippen LogP contribution in [0, 0.1) is 17.8 Å². The van der Waals surface area contributed by atoms with Gasteiger partial charge in [0, 0.05) is 55.1 Å². The van der Waals surface area contributed by atoms with Gasteiger partial charge in [0.2, 0.25) is 5.91 Å². The number of thiazole rings is 1. The van der Waals surface area contributed by atoms with Crippen molar-refractivity contribution in [2.24, 2.45) is 17.8 Å². The average molecular weight is 568 g/mol. The minimum Gasteiger partial charge on any atom is -0.367 e. The van der Waals surface area contributed by atoms with Crippen molar-refractivity contribution in [1.82, 2.24) is 20.1 Å². The molecule has 216 valence electrons. The third-order valence-corrected chi connectivity index (χ3v) is 9.28. The van der Waals surface area contributed by atoms with Crippen molar-refractivity contribution >= 4 is 34.1 Å². The molecule has 3 aliphatic heterocycles. The lowest BCUT2D eigenvalue weighted by Gasteiger charge is -2.32. The SMILES string of the molecule is CC(C)C[C@H](NC(=O)c1ccc(-c2csc(N3CCN(C)CC3)n2)cc1)C(=O)N1C[C@H](C(C)C)[C@H]2OCC(=O)[C@H]21. The summed E-state index contributed by atoms with van der Waals surface area (Å²) in [5, 5.41) is 6.06. The van der Waals surface area contributed by atoms with Crippen molar-refractivity contribution in [2.45, 2.75) is 52.3 Å². The number of rotatable bonds is 8. The number of aromatic nitrogens is 1. The van der Waals surface area contributed by atoms with E-state index in [9.17, 15) is 14.4 Å². The minimum absolute atomic E-state index is 0.0474. The Balaban J connectivity index is 1.27. The molecule has 1 N–H and O–H groups in total. The van der Waals surface area contributed by atoms with Crippen LogP contribution in [-0.2, 0) is 14.3 Å². The monoisotopic (exact) mass is 567 g/mol. The van der Waals surface area contributed by atoms with Crippen LogP contribution < -0.4 is 10.2 Å². The molecular formula is C30H41N5O4S. The van der Waals surface area contributed by atoms with Gasteiger partial charge in [0.25, 0.3) is 5.91 Å². The number of anilines is 1. The van der Waals surface area contributed by atoms with Crippen molar-refractivity contribution < 1.29 is 19.1 Å². The van der Waals surface area contributed by atoms with E-state index in [0.29, 0.717) is 18.5 Å². The van der Waals surface area contributed by atoms with Gasteiger partial charge in [-0.3, -0.25) is 14.4 Å². The molecule has 4 heterocycles. The zero-order valence-electron chi connectivity index (χ0n) is 24.1. The van der Waals surface area contributed by atoms with Gasteiger partial charge in [0.05, 0.1) is 11.8 Å². The van der Waals surface area contributed by atoms with Crippen molar-refractivity contribution in [3.63, 3.8) is 0 Å². The predicted molar refractivity (Wildman–Crippen MR) is 157 cm³/mol. The summed E-state index contributed by atoms with van der Waals surface area (Å²) in [4.78, 5) is 50.9. The van der Waals surface area contributed by atoms with Crippen molar-refractivity contribution in [1.29, 1.82) is 0 Å². The Kier molecular flexibility index (Phi) is 8.58. The van der Waals surface area contributed by atoms with E-state index >= 15 is 0 Å². The molecule has 0 saturated carbocycles. The fourth-order valence-electron chi connectivity index (χ4n) is 5.98. The molecule has 10 heteroatoms. The topological polar surface area (TPSA) is 95.1 Å². The molecule has 1 aromatic heterocycles. The van der Waals surface area contributed by atoms with Crippen LogP contribution in [0.4, 0.5) is 5.13 Å². The highest BCUT2D eigenvalue weighted by Crippen LogP contribution is 2.36. The molecule has 9 nitrogen and oxygen atoms in total. The molecule has 2 aromatic rings. The molecule has 4 atom stereocenters. The normalized spacial score (nSPS) is 24.2.